The summed E-state index contributed by atoms with van der Waals surface area (Å²) in [7, 11) is 1.56. The third-order valence-electron chi connectivity index (χ3n) is 13.1. The first kappa shape index (κ1) is 69.7. The molecule has 0 aliphatic rings. The fourth-order valence-electron chi connectivity index (χ4n) is 8.46. The van der Waals surface area contributed by atoms with Gasteiger partial charge in [-0.15, -0.1) is 0 Å². The monoisotopic (exact) mass is 1030 g/mol. The maximum Gasteiger partial charge on any atom is 0.472 e. The number of nitrogens with one attached hydrogen (secondary N) is 1. The van der Waals surface area contributed by atoms with Crippen LogP contribution in [0.3, 0.4) is 0 Å². The van der Waals surface area contributed by atoms with Crippen LogP contribution in [0.25, 0.3) is 0 Å². The molecule has 0 bridgehead atoms. The van der Waals surface area contributed by atoms with E-state index in [1.165, 1.54) is 154 Å². The number of quaternary nitrogens is 1. The molecule has 3 atom stereocenters. The quantitative estimate of drug-likeness (QED) is 0.0243. The fraction of sp³-hybridized carbons (Fsp3) is 0.762. The van der Waals surface area contributed by atoms with Crippen LogP contribution in [-0.4, -0.2) is 73.4 Å². The lowest BCUT2D eigenvalue weighted by atomic mass is 10.0. The molecule has 0 aliphatic carbocycles. The van der Waals surface area contributed by atoms with Crippen LogP contribution in [-0.2, 0) is 18.4 Å². The summed E-state index contributed by atoms with van der Waals surface area (Å²) >= 11 is 0. The van der Waals surface area contributed by atoms with Crippen LogP contribution >= 0.6 is 7.82 Å². The Labute approximate surface area is 446 Å². The fourth-order valence-corrected chi connectivity index (χ4v) is 9.19. The molecule has 72 heavy (non-hydrogen) atoms. The highest BCUT2D eigenvalue weighted by atomic mass is 31.2. The van der Waals surface area contributed by atoms with E-state index in [1.54, 1.807) is 6.08 Å². The number of carbonyl (C=O) groups is 1. The first-order chi connectivity index (χ1) is 35.0. The summed E-state index contributed by atoms with van der Waals surface area (Å²) in [6.07, 6.45) is 75.4. The second kappa shape index (κ2) is 53.5. The number of unbranched alkanes of at least 4 members (excludes halogenated alkanes) is 29. The maximum absolute atomic E-state index is 13.0. The van der Waals surface area contributed by atoms with Gasteiger partial charge < -0.3 is 19.8 Å². The van der Waals surface area contributed by atoms with Crippen molar-refractivity contribution in [2.45, 2.75) is 270 Å². The normalized spacial score (nSPS) is 14.5. The van der Waals surface area contributed by atoms with Crippen molar-refractivity contribution in [3.8, 4) is 0 Å². The van der Waals surface area contributed by atoms with Crippen LogP contribution in [0.1, 0.15) is 258 Å². The number of carbonyl (C=O) groups excluding carboxylic acids is 1. The van der Waals surface area contributed by atoms with E-state index < -0.39 is 20.0 Å². The summed E-state index contributed by atoms with van der Waals surface area (Å²) in [6.45, 7) is 4.72. The Morgan fingerprint density at radius 3 is 1.22 bits per heavy atom. The number of phosphoric acid groups is 1. The predicted octanol–water partition coefficient (Wildman–Crippen LogP) is 18.4. The Hall–Kier alpha value is -2.32. The molecule has 0 aliphatic heterocycles. The molecule has 0 heterocycles. The van der Waals surface area contributed by atoms with Gasteiger partial charge in [-0.05, 0) is 70.6 Å². The molecule has 0 radical (unpaired) electrons. The number of rotatable bonds is 54. The molecule has 3 unspecified atom stereocenters. The molecule has 0 spiro atoms. The number of amides is 1. The van der Waals surface area contributed by atoms with E-state index in [9.17, 15) is 19.4 Å². The zero-order valence-electron chi connectivity index (χ0n) is 47.7. The highest BCUT2D eigenvalue weighted by Crippen LogP contribution is 2.43. The van der Waals surface area contributed by atoms with Crippen LogP contribution in [0.4, 0.5) is 0 Å². The van der Waals surface area contributed by atoms with Crippen molar-refractivity contribution in [1.29, 1.82) is 0 Å². The summed E-state index contributed by atoms with van der Waals surface area (Å²) in [4.78, 5) is 23.3. The summed E-state index contributed by atoms with van der Waals surface area (Å²) in [5.74, 6) is -0.183. The van der Waals surface area contributed by atoms with Gasteiger partial charge in [0.05, 0.1) is 39.9 Å². The average Bonchev–Trinajstić information content (AvgIpc) is 3.34. The van der Waals surface area contributed by atoms with Gasteiger partial charge in [0.1, 0.15) is 13.2 Å². The van der Waals surface area contributed by atoms with Crippen molar-refractivity contribution in [2.24, 2.45) is 0 Å². The maximum atomic E-state index is 13.0. The molecule has 0 aromatic carbocycles. The molecule has 0 saturated carbocycles. The SMILES string of the molecule is CC/C=C\C/C=C\C/C=C\C/C=C\C/C=C\C/C=C\CCCCCCCCCCCCC(=O)NC(COP(=O)(O)OCC[N+](C)(C)C)C(O)/C=C/CCCCCCCCCCCCCCCCCCCCC. The highest BCUT2D eigenvalue weighted by molar-refractivity contribution is 7.47. The van der Waals surface area contributed by atoms with E-state index in [2.05, 4.69) is 92.1 Å². The van der Waals surface area contributed by atoms with Gasteiger partial charge in [-0.2, -0.15) is 0 Å². The minimum absolute atomic E-state index is 0.0575. The number of phosphoric ester groups is 1. The van der Waals surface area contributed by atoms with E-state index in [0.29, 0.717) is 17.4 Å². The first-order valence-corrected chi connectivity index (χ1v) is 31.5. The van der Waals surface area contributed by atoms with Gasteiger partial charge in [-0.25, -0.2) is 4.57 Å². The second-order valence-corrected chi connectivity index (χ2v) is 22.8. The zero-order valence-corrected chi connectivity index (χ0v) is 48.5. The number of hydrogen-bond donors (Lipinski definition) is 3. The van der Waals surface area contributed by atoms with Gasteiger partial charge in [0.2, 0.25) is 5.91 Å². The molecule has 0 aromatic rings. The van der Waals surface area contributed by atoms with E-state index in [4.69, 9.17) is 9.05 Å². The standard InChI is InChI=1S/C63H115N2O6P/c1-6-8-10-12-14-16-18-20-22-24-26-28-29-30-31-32-33-34-35-37-39-41-43-45-47-49-51-53-55-57-63(67)64-61(60-71-72(68,69)70-59-58-65(3,4)5)62(66)56-54-52-50-48-46-44-42-40-38-36-27-25-23-21-19-17-15-13-11-9-7-2/h8,10,14,16,20,22,26,28,30-31,33-34,54,56,61-62,66H,6-7,9,11-13,15,17-19,21,23-25,27,29,32,35-53,55,57-60H2,1-5H3,(H-,64,67,68,69)/p+1/b10-8-,16-14-,22-20-,28-26-,31-30-,34-33-,56-54+. The Morgan fingerprint density at radius 2 is 0.833 bits per heavy atom. The molecule has 1 amide bonds. The molecule has 8 nitrogen and oxygen atoms in total. The van der Waals surface area contributed by atoms with Crippen molar-refractivity contribution in [1.82, 2.24) is 5.32 Å². The van der Waals surface area contributed by atoms with Crippen molar-refractivity contribution in [2.75, 3.05) is 40.9 Å². The number of aliphatic hydroxyl groups excluding tert-OH is 1. The first-order valence-electron chi connectivity index (χ1n) is 30.0. The summed E-state index contributed by atoms with van der Waals surface area (Å²) in [5, 5.41) is 14.0. The van der Waals surface area contributed by atoms with Crippen molar-refractivity contribution < 1.29 is 32.9 Å². The van der Waals surface area contributed by atoms with E-state index in [-0.39, 0.29) is 19.1 Å². The molecular weight excluding hydrogens is 912 g/mol. The smallest absolute Gasteiger partial charge is 0.387 e. The van der Waals surface area contributed by atoms with Crippen LogP contribution in [0, 0.1) is 0 Å². The lowest BCUT2D eigenvalue weighted by Gasteiger charge is -2.25. The van der Waals surface area contributed by atoms with Gasteiger partial charge in [-0.3, -0.25) is 13.8 Å². The van der Waals surface area contributed by atoms with Crippen molar-refractivity contribution in [3.05, 3.63) is 85.1 Å². The van der Waals surface area contributed by atoms with Crippen LogP contribution < -0.4 is 5.32 Å². The van der Waals surface area contributed by atoms with Gasteiger partial charge in [0.25, 0.3) is 0 Å². The molecule has 0 saturated heterocycles. The molecule has 0 rings (SSSR count). The highest BCUT2D eigenvalue weighted by Gasteiger charge is 2.27. The van der Waals surface area contributed by atoms with Gasteiger partial charge in [0.15, 0.2) is 0 Å². The minimum Gasteiger partial charge on any atom is -0.387 e. The van der Waals surface area contributed by atoms with Crippen LogP contribution in [0.5, 0.6) is 0 Å². The van der Waals surface area contributed by atoms with Crippen molar-refractivity contribution >= 4 is 13.7 Å². The van der Waals surface area contributed by atoms with Gasteiger partial charge in [0, 0.05) is 6.42 Å². The number of nitrogens with zero attached hydrogens (tertiary/aromatic N) is 1. The number of aliphatic hydroxyl groups is 1. The lowest BCUT2D eigenvalue weighted by molar-refractivity contribution is -0.870. The summed E-state index contributed by atoms with van der Waals surface area (Å²) in [6, 6.07) is -0.855. The Balaban J connectivity index is 4.21. The number of hydrogen-bond acceptors (Lipinski definition) is 5. The molecule has 9 heteroatoms. The Morgan fingerprint density at radius 1 is 0.486 bits per heavy atom. The topological polar surface area (TPSA) is 105 Å². The molecular formula is C63H116N2O6P+. The molecule has 418 valence electrons. The zero-order chi connectivity index (χ0) is 52.7. The summed E-state index contributed by atoms with van der Waals surface area (Å²) < 4.78 is 23.7. The van der Waals surface area contributed by atoms with E-state index in [0.717, 1.165) is 83.5 Å². The molecule has 0 fully saturated rings. The van der Waals surface area contributed by atoms with Gasteiger partial charge in [-0.1, -0.05) is 266 Å². The minimum atomic E-state index is -4.35. The largest absolute Gasteiger partial charge is 0.472 e. The van der Waals surface area contributed by atoms with Crippen molar-refractivity contribution in [3.63, 3.8) is 0 Å². The average molecular weight is 1030 g/mol. The third kappa shape index (κ3) is 55.4. The second-order valence-electron chi connectivity index (χ2n) is 21.3. The third-order valence-corrected chi connectivity index (χ3v) is 14.1. The summed E-state index contributed by atoms with van der Waals surface area (Å²) in [5.41, 5.74) is 0. The predicted molar refractivity (Wildman–Crippen MR) is 313 cm³/mol. The number of likely N-dealkylation sites (N-methyl/N-ethyl adjacent to an activating group) is 1. The van der Waals surface area contributed by atoms with Crippen LogP contribution in [0.2, 0.25) is 0 Å². The van der Waals surface area contributed by atoms with E-state index in [1.807, 2.05) is 27.2 Å². The van der Waals surface area contributed by atoms with E-state index >= 15 is 0 Å². The number of allylic oxidation sites excluding steroid dienone is 13. The van der Waals surface area contributed by atoms with Gasteiger partial charge >= 0.3 is 7.82 Å². The lowest BCUT2D eigenvalue weighted by Crippen LogP contribution is -2.45. The Kier molecular flexibility index (Phi) is 51.8. The Bertz CT molecular complexity index is 1450. The van der Waals surface area contributed by atoms with Crippen LogP contribution in [0.15, 0.2) is 85.1 Å². The molecule has 0 aromatic heterocycles. The molecule has 3 N–H and O–H groups in total.